The highest BCUT2D eigenvalue weighted by molar-refractivity contribution is 4.46. The lowest BCUT2D eigenvalue weighted by atomic mass is 10.1. The monoisotopic (exact) mass is 251 g/mol. The molecule has 0 aliphatic carbocycles. The van der Waals surface area contributed by atoms with Crippen LogP contribution in [0.25, 0.3) is 0 Å². The normalized spacial score (nSPS) is 10.1. The van der Waals surface area contributed by atoms with E-state index in [1.165, 1.54) is 64.2 Å². The zero-order valence-electron chi connectivity index (χ0n) is 11.1. The zero-order chi connectivity index (χ0) is 11.2. The maximum atomic E-state index is 5.18. The fourth-order valence-electron chi connectivity index (χ4n) is 1.79. The Bertz CT molecular complexity index is 100. The maximum Gasteiger partial charge on any atom is 0.106 e. The van der Waals surface area contributed by atoms with E-state index < -0.39 is 0 Å². The second-order valence-corrected chi connectivity index (χ2v) is 4.29. The van der Waals surface area contributed by atoms with Gasteiger partial charge in [0, 0.05) is 0 Å². The third kappa shape index (κ3) is 16.6. The first-order valence-electron chi connectivity index (χ1n) is 6.81. The van der Waals surface area contributed by atoms with Crippen molar-refractivity contribution in [2.24, 2.45) is 0 Å². The molecule has 2 nitrogen and oxygen atoms in total. The van der Waals surface area contributed by atoms with Crippen molar-refractivity contribution in [3.05, 3.63) is 0 Å². The van der Waals surface area contributed by atoms with E-state index in [-0.39, 0.29) is 12.4 Å². The number of halogens is 1. The molecule has 3 heteroatoms. The lowest BCUT2D eigenvalue weighted by molar-refractivity contribution is -0.877. The molecule has 0 amide bonds. The summed E-state index contributed by atoms with van der Waals surface area (Å²) in [5.74, 6) is 0. The molecule has 0 fully saturated rings. The Morgan fingerprint density at radius 2 is 1.19 bits per heavy atom. The summed E-state index contributed by atoms with van der Waals surface area (Å²) in [5, 5.41) is 0. The van der Waals surface area contributed by atoms with E-state index in [0.29, 0.717) is 0 Å². The SMILES string of the molecule is CCCCCCCCCCCCO[NH2+]C.[Cl-]. The smallest absolute Gasteiger partial charge is 0.106 e. The van der Waals surface area contributed by atoms with Gasteiger partial charge in [-0.2, -0.15) is 0 Å². The number of hydrogen-bond acceptors (Lipinski definition) is 1. The van der Waals surface area contributed by atoms with Crippen LogP contribution in [0, 0.1) is 0 Å². The molecule has 0 aliphatic rings. The van der Waals surface area contributed by atoms with Crippen LogP contribution in [0.3, 0.4) is 0 Å². The molecule has 0 aromatic carbocycles. The fourth-order valence-corrected chi connectivity index (χ4v) is 1.79. The largest absolute Gasteiger partial charge is 1.00 e. The van der Waals surface area contributed by atoms with Crippen LogP contribution in [0.15, 0.2) is 0 Å². The summed E-state index contributed by atoms with van der Waals surface area (Å²) in [6.45, 7) is 3.18. The molecular weight excluding hydrogens is 222 g/mol. The number of rotatable bonds is 12. The van der Waals surface area contributed by atoms with Crippen LogP contribution < -0.4 is 17.9 Å². The predicted octanol–water partition coefficient (Wildman–Crippen LogP) is 0.0361. The Kier molecular flexibility index (Phi) is 20.4. The molecule has 0 saturated carbocycles. The lowest BCUT2D eigenvalue weighted by Gasteiger charge is -2.01. The van der Waals surface area contributed by atoms with Gasteiger partial charge in [0.05, 0.1) is 7.05 Å². The van der Waals surface area contributed by atoms with Gasteiger partial charge in [-0.1, -0.05) is 64.7 Å². The van der Waals surface area contributed by atoms with Gasteiger partial charge in [0.2, 0.25) is 0 Å². The van der Waals surface area contributed by atoms with Gasteiger partial charge in [0.1, 0.15) is 6.61 Å². The van der Waals surface area contributed by atoms with Crippen LogP contribution in [0.2, 0.25) is 0 Å². The highest BCUT2D eigenvalue weighted by Gasteiger charge is 1.92. The van der Waals surface area contributed by atoms with Gasteiger partial charge >= 0.3 is 0 Å². The number of unbranched alkanes of at least 4 members (excludes halogenated alkanes) is 9. The zero-order valence-corrected chi connectivity index (χ0v) is 11.9. The molecule has 0 spiro atoms. The molecule has 0 radical (unpaired) electrons. The summed E-state index contributed by atoms with van der Waals surface area (Å²) in [4.78, 5) is 5.18. The van der Waals surface area contributed by atoms with Gasteiger partial charge in [0.25, 0.3) is 0 Å². The molecular formula is C13H30ClNO. The Morgan fingerprint density at radius 3 is 1.62 bits per heavy atom. The van der Waals surface area contributed by atoms with Crippen molar-refractivity contribution in [2.45, 2.75) is 71.1 Å². The number of hydrogen-bond donors (Lipinski definition) is 1. The minimum atomic E-state index is 0. The summed E-state index contributed by atoms with van der Waals surface area (Å²) in [6, 6.07) is 0. The van der Waals surface area contributed by atoms with Gasteiger partial charge < -0.3 is 12.4 Å². The molecule has 0 aliphatic heterocycles. The average molecular weight is 252 g/mol. The lowest BCUT2D eigenvalue weighted by Crippen LogP contribution is -3.00. The molecule has 0 atom stereocenters. The van der Waals surface area contributed by atoms with E-state index in [1.54, 1.807) is 5.48 Å². The number of hydroxylamine groups is 1. The average Bonchev–Trinajstić information content (AvgIpc) is 2.26. The number of quaternary nitrogens is 1. The molecule has 0 rings (SSSR count). The molecule has 16 heavy (non-hydrogen) atoms. The first kappa shape index (κ1) is 18.6. The molecule has 0 bridgehead atoms. The van der Waals surface area contributed by atoms with Crippen molar-refractivity contribution in [3.8, 4) is 0 Å². The van der Waals surface area contributed by atoms with E-state index in [2.05, 4.69) is 6.92 Å². The minimum Gasteiger partial charge on any atom is -1.00 e. The van der Waals surface area contributed by atoms with Crippen molar-refractivity contribution in [2.75, 3.05) is 13.7 Å². The summed E-state index contributed by atoms with van der Waals surface area (Å²) in [5.41, 5.74) is 1.79. The molecule has 0 heterocycles. The van der Waals surface area contributed by atoms with Gasteiger partial charge in [-0.15, -0.1) is 0 Å². The Balaban J connectivity index is 0. The highest BCUT2D eigenvalue weighted by atomic mass is 35.5. The van der Waals surface area contributed by atoms with Crippen LogP contribution in [-0.4, -0.2) is 13.7 Å². The Morgan fingerprint density at radius 1 is 0.750 bits per heavy atom. The summed E-state index contributed by atoms with van der Waals surface area (Å²) < 4.78 is 0. The quantitative estimate of drug-likeness (QED) is 0.385. The Labute approximate surface area is 108 Å². The van der Waals surface area contributed by atoms with Crippen LogP contribution in [0.4, 0.5) is 0 Å². The van der Waals surface area contributed by atoms with Gasteiger partial charge in [-0.3, -0.25) is 0 Å². The molecule has 0 aromatic rings. The van der Waals surface area contributed by atoms with Crippen molar-refractivity contribution in [1.29, 1.82) is 0 Å². The first-order valence-corrected chi connectivity index (χ1v) is 6.81. The number of nitrogens with two attached hydrogens (primary N) is 1. The van der Waals surface area contributed by atoms with Gasteiger partial charge in [-0.25, -0.2) is 10.3 Å². The van der Waals surface area contributed by atoms with Gasteiger partial charge in [0.15, 0.2) is 0 Å². The van der Waals surface area contributed by atoms with Gasteiger partial charge in [-0.05, 0) is 6.42 Å². The minimum absolute atomic E-state index is 0. The van der Waals surface area contributed by atoms with E-state index in [4.69, 9.17) is 4.84 Å². The standard InChI is InChI=1S/C13H29NO.ClH/c1-3-4-5-6-7-8-9-10-11-12-13-15-14-2;/h14H,3-13H2,1-2H3;1H. The van der Waals surface area contributed by atoms with E-state index in [1.807, 2.05) is 7.05 Å². The van der Waals surface area contributed by atoms with Crippen molar-refractivity contribution in [1.82, 2.24) is 0 Å². The summed E-state index contributed by atoms with van der Waals surface area (Å²) >= 11 is 0. The van der Waals surface area contributed by atoms with Crippen LogP contribution in [0.5, 0.6) is 0 Å². The van der Waals surface area contributed by atoms with Crippen LogP contribution >= 0.6 is 0 Å². The third-order valence-electron chi connectivity index (χ3n) is 2.78. The van der Waals surface area contributed by atoms with E-state index in [0.717, 1.165) is 6.61 Å². The van der Waals surface area contributed by atoms with Crippen molar-refractivity contribution < 1.29 is 22.7 Å². The maximum absolute atomic E-state index is 5.18. The van der Waals surface area contributed by atoms with E-state index >= 15 is 0 Å². The summed E-state index contributed by atoms with van der Waals surface area (Å²) in [6.07, 6.45) is 13.9. The highest BCUT2D eigenvalue weighted by Crippen LogP contribution is 2.10. The molecule has 100 valence electrons. The van der Waals surface area contributed by atoms with Crippen molar-refractivity contribution >= 4 is 0 Å². The molecule has 0 unspecified atom stereocenters. The van der Waals surface area contributed by atoms with Crippen molar-refractivity contribution in [3.63, 3.8) is 0 Å². The molecule has 0 saturated heterocycles. The topological polar surface area (TPSA) is 25.8 Å². The van der Waals surface area contributed by atoms with Crippen LogP contribution in [0.1, 0.15) is 71.1 Å². The Hall–Kier alpha value is 0.210. The second kappa shape index (κ2) is 17.6. The van der Waals surface area contributed by atoms with Crippen LogP contribution in [-0.2, 0) is 4.84 Å². The molecule has 0 aromatic heterocycles. The van der Waals surface area contributed by atoms with E-state index in [9.17, 15) is 0 Å². The molecule has 2 N–H and O–H groups in total. The first-order chi connectivity index (χ1) is 7.41. The second-order valence-electron chi connectivity index (χ2n) is 4.29. The third-order valence-corrected chi connectivity index (χ3v) is 2.78. The summed E-state index contributed by atoms with van der Waals surface area (Å²) in [7, 11) is 1.94. The predicted molar refractivity (Wildman–Crippen MR) is 65.6 cm³/mol. The fraction of sp³-hybridized carbons (Fsp3) is 1.00.